The SMILES string of the molecule is N#Cc1cc(NC(=O)c2ccc(Oc3ccccc3)nc2)ccc1Cl. The van der Waals surface area contributed by atoms with Gasteiger partial charge in [0.2, 0.25) is 5.88 Å². The van der Waals surface area contributed by atoms with Gasteiger partial charge >= 0.3 is 0 Å². The highest BCUT2D eigenvalue weighted by Crippen LogP contribution is 2.21. The molecule has 6 heteroatoms. The van der Waals surface area contributed by atoms with Crippen LogP contribution in [0.15, 0.2) is 66.9 Å². The molecule has 0 radical (unpaired) electrons. The van der Waals surface area contributed by atoms with Gasteiger partial charge in [0.05, 0.1) is 16.1 Å². The number of hydrogen-bond acceptors (Lipinski definition) is 4. The number of halogens is 1. The summed E-state index contributed by atoms with van der Waals surface area (Å²) in [6, 6.07) is 19.1. The van der Waals surface area contributed by atoms with E-state index < -0.39 is 0 Å². The summed E-state index contributed by atoms with van der Waals surface area (Å²) in [5.74, 6) is 0.711. The molecule has 1 aromatic heterocycles. The molecule has 0 aliphatic rings. The first-order valence-electron chi connectivity index (χ1n) is 7.35. The standard InChI is InChI=1S/C19H12ClN3O2/c20-17-8-7-15(10-14(17)11-21)23-19(24)13-6-9-18(22-12-13)25-16-4-2-1-3-5-16/h1-10,12H,(H,23,24). The zero-order valence-electron chi connectivity index (χ0n) is 12.9. The number of rotatable bonds is 4. The number of amides is 1. The topological polar surface area (TPSA) is 75.0 Å². The Morgan fingerprint density at radius 2 is 1.92 bits per heavy atom. The van der Waals surface area contributed by atoms with Gasteiger partial charge < -0.3 is 10.1 Å². The summed E-state index contributed by atoms with van der Waals surface area (Å²) in [5.41, 5.74) is 1.15. The Hall–Kier alpha value is -3.36. The van der Waals surface area contributed by atoms with Gasteiger partial charge in [0, 0.05) is 18.0 Å². The van der Waals surface area contributed by atoms with Gasteiger partial charge in [-0.3, -0.25) is 4.79 Å². The first-order chi connectivity index (χ1) is 12.2. The lowest BCUT2D eigenvalue weighted by molar-refractivity contribution is 0.102. The fraction of sp³-hybridized carbons (Fsp3) is 0. The van der Waals surface area contributed by atoms with Crippen LogP contribution in [0.4, 0.5) is 5.69 Å². The molecule has 5 nitrogen and oxygen atoms in total. The van der Waals surface area contributed by atoms with Crippen molar-refractivity contribution in [1.29, 1.82) is 5.26 Å². The maximum absolute atomic E-state index is 12.3. The van der Waals surface area contributed by atoms with E-state index in [0.717, 1.165) is 0 Å². The van der Waals surface area contributed by atoms with Crippen molar-refractivity contribution in [3.8, 4) is 17.7 Å². The predicted octanol–water partition coefficient (Wildman–Crippen LogP) is 4.65. The minimum Gasteiger partial charge on any atom is -0.439 e. The lowest BCUT2D eigenvalue weighted by Crippen LogP contribution is -2.12. The fourth-order valence-corrected chi connectivity index (χ4v) is 2.24. The van der Waals surface area contributed by atoms with Gasteiger partial charge in [0.1, 0.15) is 11.8 Å². The third-order valence-corrected chi connectivity index (χ3v) is 3.64. The lowest BCUT2D eigenvalue weighted by atomic mass is 10.2. The van der Waals surface area contributed by atoms with Gasteiger partial charge in [-0.15, -0.1) is 0 Å². The molecule has 0 saturated heterocycles. The molecule has 3 rings (SSSR count). The van der Waals surface area contributed by atoms with Crippen LogP contribution in [0, 0.1) is 11.3 Å². The molecular weight excluding hydrogens is 338 g/mol. The molecule has 0 bridgehead atoms. The summed E-state index contributed by atoms with van der Waals surface area (Å²) >= 11 is 5.87. The van der Waals surface area contributed by atoms with E-state index in [4.69, 9.17) is 21.6 Å². The second-order valence-corrected chi connectivity index (χ2v) is 5.47. The Balaban J connectivity index is 1.70. The molecule has 0 unspecified atom stereocenters. The van der Waals surface area contributed by atoms with E-state index in [9.17, 15) is 4.79 Å². The smallest absolute Gasteiger partial charge is 0.257 e. The van der Waals surface area contributed by atoms with Gasteiger partial charge in [-0.2, -0.15) is 5.26 Å². The number of anilines is 1. The Kier molecular flexibility index (Phi) is 4.93. The molecule has 0 saturated carbocycles. The van der Waals surface area contributed by atoms with Crippen LogP contribution in [0.2, 0.25) is 5.02 Å². The lowest BCUT2D eigenvalue weighted by Gasteiger charge is -2.07. The van der Waals surface area contributed by atoms with Crippen molar-refractivity contribution in [1.82, 2.24) is 4.98 Å². The van der Waals surface area contributed by atoms with Crippen molar-refractivity contribution >= 4 is 23.2 Å². The monoisotopic (exact) mass is 349 g/mol. The molecule has 122 valence electrons. The molecule has 1 heterocycles. The second kappa shape index (κ2) is 7.47. The van der Waals surface area contributed by atoms with E-state index in [-0.39, 0.29) is 5.91 Å². The van der Waals surface area contributed by atoms with E-state index in [0.29, 0.717) is 33.5 Å². The van der Waals surface area contributed by atoms with Crippen molar-refractivity contribution in [2.75, 3.05) is 5.32 Å². The van der Waals surface area contributed by atoms with Crippen LogP contribution in [0.25, 0.3) is 0 Å². The summed E-state index contributed by atoms with van der Waals surface area (Å²) in [6.07, 6.45) is 1.43. The average molecular weight is 350 g/mol. The van der Waals surface area contributed by atoms with Crippen molar-refractivity contribution in [3.05, 3.63) is 83.0 Å². The van der Waals surface area contributed by atoms with Crippen LogP contribution in [0.3, 0.4) is 0 Å². The highest BCUT2D eigenvalue weighted by Gasteiger charge is 2.09. The van der Waals surface area contributed by atoms with Crippen molar-refractivity contribution in [2.45, 2.75) is 0 Å². The highest BCUT2D eigenvalue weighted by atomic mass is 35.5. The molecule has 1 N–H and O–H groups in total. The maximum atomic E-state index is 12.3. The fourth-order valence-electron chi connectivity index (χ4n) is 2.08. The van der Waals surface area contributed by atoms with Gasteiger partial charge in [-0.1, -0.05) is 29.8 Å². The van der Waals surface area contributed by atoms with Crippen molar-refractivity contribution in [3.63, 3.8) is 0 Å². The molecule has 3 aromatic rings. The van der Waals surface area contributed by atoms with E-state index in [1.807, 2.05) is 36.4 Å². The summed E-state index contributed by atoms with van der Waals surface area (Å²) < 4.78 is 5.58. The van der Waals surface area contributed by atoms with Gasteiger partial charge in [-0.05, 0) is 36.4 Å². The van der Waals surface area contributed by atoms with Crippen LogP contribution in [0.5, 0.6) is 11.6 Å². The number of nitrogens with one attached hydrogen (secondary N) is 1. The number of pyridine rings is 1. The molecule has 2 aromatic carbocycles. The summed E-state index contributed by atoms with van der Waals surface area (Å²) in [4.78, 5) is 16.4. The van der Waals surface area contributed by atoms with E-state index in [1.54, 1.807) is 24.3 Å². The molecule has 0 spiro atoms. The summed E-state index contributed by atoms with van der Waals surface area (Å²) in [7, 11) is 0. The van der Waals surface area contributed by atoms with Crippen molar-refractivity contribution in [2.24, 2.45) is 0 Å². The molecule has 0 aliphatic heterocycles. The van der Waals surface area contributed by atoms with Crippen molar-refractivity contribution < 1.29 is 9.53 Å². The first kappa shape index (κ1) is 16.5. The number of hydrogen-bond donors (Lipinski definition) is 1. The molecule has 0 aliphatic carbocycles. The summed E-state index contributed by atoms with van der Waals surface area (Å²) in [6.45, 7) is 0. The van der Waals surface area contributed by atoms with E-state index in [2.05, 4.69) is 10.3 Å². The zero-order chi connectivity index (χ0) is 17.6. The van der Waals surface area contributed by atoms with Gasteiger partial charge in [0.25, 0.3) is 5.91 Å². The Morgan fingerprint density at radius 1 is 1.12 bits per heavy atom. The number of nitriles is 1. The molecule has 25 heavy (non-hydrogen) atoms. The summed E-state index contributed by atoms with van der Waals surface area (Å²) in [5, 5.41) is 12.0. The van der Waals surface area contributed by atoms with Crippen LogP contribution >= 0.6 is 11.6 Å². The normalized spacial score (nSPS) is 9.92. The Labute approximate surface area is 149 Å². The molecule has 0 atom stereocenters. The third-order valence-electron chi connectivity index (χ3n) is 3.31. The minimum absolute atomic E-state index is 0.296. The number of para-hydroxylation sites is 1. The number of benzene rings is 2. The molecular formula is C19H12ClN3O2. The molecule has 1 amide bonds. The van der Waals surface area contributed by atoms with Gasteiger partial charge in [-0.25, -0.2) is 4.98 Å². The largest absolute Gasteiger partial charge is 0.439 e. The highest BCUT2D eigenvalue weighted by molar-refractivity contribution is 6.31. The van der Waals surface area contributed by atoms with Crippen LogP contribution in [0.1, 0.15) is 15.9 Å². The number of aromatic nitrogens is 1. The maximum Gasteiger partial charge on any atom is 0.257 e. The quantitative estimate of drug-likeness (QED) is 0.743. The number of carbonyl (C=O) groups excluding carboxylic acids is 1. The average Bonchev–Trinajstić information content (AvgIpc) is 2.64. The van der Waals surface area contributed by atoms with Gasteiger partial charge in [0.15, 0.2) is 0 Å². The number of nitrogens with zero attached hydrogens (tertiary/aromatic N) is 2. The third kappa shape index (κ3) is 4.14. The molecule has 0 fully saturated rings. The number of ether oxygens (including phenoxy) is 1. The van der Waals surface area contributed by atoms with E-state index >= 15 is 0 Å². The second-order valence-electron chi connectivity index (χ2n) is 5.06. The number of carbonyl (C=O) groups is 1. The Bertz CT molecular complexity index is 935. The first-order valence-corrected chi connectivity index (χ1v) is 7.73. The van der Waals surface area contributed by atoms with Crippen LogP contribution < -0.4 is 10.1 Å². The van der Waals surface area contributed by atoms with Crippen LogP contribution in [-0.4, -0.2) is 10.9 Å². The minimum atomic E-state index is -0.343. The Morgan fingerprint density at radius 3 is 2.60 bits per heavy atom. The zero-order valence-corrected chi connectivity index (χ0v) is 13.7. The predicted molar refractivity (Wildman–Crippen MR) is 94.9 cm³/mol. The van der Waals surface area contributed by atoms with E-state index in [1.165, 1.54) is 12.3 Å². The van der Waals surface area contributed by atoms with Crippen LogP contribution in [-0.2, 0) is 0 Å².